The summed E-state index contributed by atoms with van der Waals surface area (Å²) in [5, 5.41) is 16.1. The van der Waals surface area contributed by atoms with E-state index in [2.05, 4.69) is 6.92 Å². The molecule has 0 aliphatic heterocycles. The van der Waals surface area contributed by atoms with Crippen LogP contribution < -0.4 is 0 Å². The first-order valence-electron chi connectivity index (χ1n) is 2.38. The fraction of sp³-hybridized carbons (Fsp3) is 0.500. The molecule has 0 saturated carbocycles. The van der Waals surface area contributed by atoms with Gasteiger partial charge in [-0.15, -0.1) is 0 Å². The lowest BCUT2D eigenvalue weighted by Gasteiger charge is -1.94. The first-order chi connectivity index (χ1) is 3.81. The molecule has 2 nitrogen and oxygen atoms in total. The highest BCUT2D eigenvalue weighted by atomic mass is 14.3. The van der Waals surface area contributed by atoms with Crippen molar-refractivity contribution in [2.45, 2.75) is 12.8 Å². The summed E-state index contributed by atoms with van der Waals surface area (Å²) in [4.78, 5) is 0. The van der Waals surface area contributed by atoms with E-state index >= 15 is 0 Å². The Hall–Kier alpha value is -1.02. The Morgan fingerprint density at radius 3 is 1.88 bits per heavy atom. The molecule has 0 aliphatic rings. The molecule has 0 atom stereocenters. The zero-order valence-corrected chi connectivity index (χ0v) is 4.59. The third-order valence-electron chi connectivity index (χ3n) is 0.760. The quantitative estimate of drug-likeness (QED) is 0.533. The average Bonchev–Trinajstić information content (AvgIpc) is 1.68. The van der Waals surface area contributed by atoms with Crippen LogP contribution in [0.25, 0.3) is 0 Å². The van der Waals surface area contributed by atoms with Gasteiger partial charge in [0.05, 0.1) is 12.1 Å². The SMILES string of the molecule is [CH2]C(CC#N)CC#N. The van der Waals surface area contributed by atoms with E-state index < -0.39 is 0 Å². The lowest BCUT2D eigenvalue weighted by molar-refractivity contribution is 0.685. The van der Waals surface area contributed by atoms with Gasteiger partial charge in [0.15, 0.2) is 0 Å². The Balaban J connectivity index is 3.25. The van der Waals surface area contributed by atoms with Crippen molar-refractivity contribution in [2.24, 2.45) is 5.92 Å². The normalized spacial score (nSPS) is 8.00. The van der Waals surface area contributed by atoms with Gasteiger partial charge in [-0.05, 0) is 12.8 Å². The van der Waals surface area contributed by atoms with Gasteiger partial charge in [0.25, 0.3) is 0 Å². The third-order valence-corrected chi connectivity index (χ3v) is 0.760. The molecule has 0 bridgehead atoms. The van der Waals surface area contributed by atoms with E-state index in [0.717, 1.165) is 0 Å². The minimum Gasteiger partial charge on any atom is -0.198 e. The van der Waals surface area contributed by atoms with Gasteiger partial charge < -0.3 is 0 Å². The largest absolute Gasteiger partial charge is 0.198 e. The van der Waals surface area contributed by atoms with Crippen molar-refractivity contribution in [1.29, 1.82) is 10.5 Å². The van der Waals surface area contributed by atoms with E-state index in [1.165, 1.54) is 0 Å². The molecular formula is C6H7N2. The van der Waals surface area contributed by atoms with Gasteiger partial charge in [-0.3, -0.25) is 0 Å². The standard InChI is InChI=1S/C6H7N2/c1-6(2-4-7)3-5-8/h6H,1-3H2. The molecule has 0 saturated heterocycles. The van der Waals surface area contributed by atoms with Crippen LogP contribution in [-0.4, -0.2) is 0 Å². The highest BCUT2D eigenvalue weighted by Crippen LogP contribution is 2.02. The van der Waals surface area contributed by atoms with Crippen molar-refractivity contribution < 1.29 is 0 Å². The second-order valence-electron chi connectivity index (χ2n) is 1.59. The summed E-state index contributed by atoms with van der Waals surface area (Å²) < 4.78 is 0. The van der Waals surface area contributed by atoms with Crippen LogP contribution in [0.2, 0.25) is 0 Å². The predicted molar refractivity (Wildman–Crippen MR) is 29.3 cm³/mol. The van der Waals surface area contributed by atoms with Crippen molar-refractivity contribution in [3.63, 3.8) is 0 Å². The molecule has 0 N–H and O–H groups in total. The van der Waals surface area contributed by atoms with Crippen molar-refractivity contribution in [2.75, 3.05) is 0 Å². The van der Waals surface area contributed by atoms with Crippen LogP contribution in [0, 0.1) is 35.5 Å². The van der Waals surface area contributed by atoms with Crippen LogP contribution in [0.4, 0.5) is 0 Å². The molecule has 0 aromatic heterocycles. The highest BCUT2D eigenvalue weighted by Gasteiger charge is 1.97. The summed E-state index contributed by atoms with van der Waals surface area (Å²) in [7, 11) is 0. The van der Waals surface area contributed by atoms with E-state index in [0.29, 0.717) is 12.8 Å². The van der Waals surface area contributed by atoms with Crippen LogP contribution in [0.3, 0.4) is 0 Å². The second-order valence-corrected chi connectivity index (χ2v) is 1.59. The van der Waals surface area contributed by atoms with Crippen molar-refractivity contribution in [1.82, 2.24) is 0 Å². The van der Waals surface area contributed by atoms with E-state index in [4.69, 9.17) is 10.5 Å². The number of hydrogen-bond donors (Lipinski definition) is 0. The number of nitrogens with zero attached hydrogens (tertiary/aromatic N) is 2. The molecule has 2 heteroatoms. The molecule has 0 aliphatic carbocycles. The summed E-state index contributed by atoms with van der Waals surface area (Å²) >= 11 is 0. The summed E-state index contributed by atoms with van der Waals surface area (Å²) in [6.07, 6.45) is 0.765. The van der Waals surface area contributed by atoms with Gasteiger partial charge in [-0.25, -0.2) is 0 Å². The molecule has 0 aromatic rings. The van der Waals surface area contributed by atoms with Gasteiger partial charge in [0, 0.05) is 12.8 Å². The van der Waals surface area contributed by atoms with Crippen molar-refractivity contribution in [3.05, 3.63) is 6.92 Å². The van der Waals surface area contributed by atoms with Crippen LogP contribution >= 0.6 is 0 Å². The molecule has 0 rings (SSSR count). The van der Waals surface area contributed by atoms with Crippen molar-refractivity contribution >= 4 is 0 Å². The molecular weight excluding hydrogens is 100 g/mol. The zero-order chi connectivity index (χ0) is 6.41. The maximum atomic E-state index is 8.06. The minimum absolute atomic E-state index is 0.00926. The topological polar surface area (TPSA) is 47.6 Å². The van der Waals surface area contributed by atoms with E-state index in [1.807, 2.05) is 12.1 Å². The van der Waals surface area contributed by atoms with Gasteiger partial charge in [0.2, 0.25) is 0 Å². The summed E-state index contributed by atoms with van der Waals surface area (Å²) in [6.45, 7) is 3.57. The maximum Gasteiger partial charge on any atom is 0.0625 e. The smallest absolute Gasteiger partial charge is 0.0625 e. The fourth-order valence-electron chi connectivity index (χ4n) is 0.330. The number of rotatable bonds is 2. The fourth-order valence-corrected chi connectivity index (χ4v) is 0.330. The minimum atomic E-state index is -0.00926. The first-order valence-corrected chi connectivity index (χ1v) is 2.38. The Labute approximate surface area is 49.3 Å². The zero-order valence-electron chi connectivity index (χ0n) is 4.59. The third kappa shape index (κ3) is 3.18. The van der Waals surface area contributed by atoms with Gasteiger partial charge in [0.1, 0.15) is 0 Å². The van der Waals surface area contributed by atoms with Crippen LogP contribution in [0.15, 0.2) is 0 Å². The summed E-state index contributed by atoms with van der Waals surface area (Å²) in [5.41, 5.74) is 0. The second kappa shape index (κ2) is 4.15. The molecule has 0 heterocycles. The van der Waals surface area contributed by atoms with Crippen LogP contribution in [0.1, 0.15) is 12.8 Å². The molecule has 0 spiro atoms. The van der Waals surface area contributed by atoms with Crippen LogP contribution in [0.5, 0.6) is 0 Å². The molecule has 41 valence electrons. The molecule has 0 amide bonds. The lowest BCUT2D eigenvalue weighted by Crippen LogP contribution is -1.89. The highest BCUT2D eigenvalue weighted by molar-refractivity contribution is 4.83. The van der Waals surface area contributed by atoms with Crippen LogP contribution in [-0.2, 0) is 0 Å². The average molecular weight is 107 g/mol. The Morgan fingerprint density at radius 2 is 1.62 bits per heavy atom. The van der Waals surface area contributed by atoms with Crippen molar-refractivity contribution in [3.8, 4) is 12.1 Å². The van der Waals surface area contributed by atoms with Gasteiger partial charge in [-0.1, -0.05) is 0 Å². The Bertz CT molecular complexity index is 110. The maximum absolute atomic E-state index is 8.06. The Kier molecular flexibility index (Phi) is 3.62. The van der Waals surface area contributed by atoms with E-state index in [9.17, 15) is 0 Å². The van der Waals surface area contributed by atoms with E-state index in [1.54, 1.807) is 0 Å². The van der Waals surface area contributed by atoms with Gasteiger partial charge >= 0.3 is 0 Å². The van der Waals surface area contributed by atoms with Gasteiger partial charge in [-0.2, -0.15) is 10.5 Å². The first kappa shape index (κ1) is 6.98. The molecule has 0 unspecified atom stereocenters. The lowest BCUT2D eigenvalue weighted by atomic mass is 10.1. The Morgan fingerprint density at radius 1 is 1.25 bits per heavy atom. The predicted octanol–water partition coefficient (Wildman–Crippen LogP) is 1.26. The molecule has 0 aromatic carbocycles. The number of nitriles is 2. The monoisotopic (exact) mass is 107 g/mol. The summed E-state index contributed by atoms with van der Waals surface area (Å²) in [6, 6.07) is 3.88. The summed E-state index contributed by atoms with van der Waals surface area (Å²) in [5.74, 6) is -0.00926. The molecule has 1 radical (unpaired) electrons. The molecule has 0 fully saturated rings. The van der Waals surface area contributed by atoms with E-state index in [-0.39, 0.29) is 5.92 Å². The number of hydrogen-bond acceptors (Lipinski definition) is 2. The molecule has 8 heavy (non-hydrogen) atoms.